The Morgan fingerprint density at radius 2 is 1.68 bits per heavy atom. The lowest BCUT2D eigenvalue weighted by molar-refractivity contribution is -0.118. The minimum Gasteiger partial charge on any atom is -0.299 e. The van der Waals surface area contributed by atoms with E-state index in [1.54, 1.807) is 24.3 Å². The summed E-state index contributed by atoms with van der Waals surface area (Å²) in [6.45, 7) is 9.94. The lowest BCUT2D eigenvalue weighted by atomic mass is 9.87. The van der Waals surface area contributed by atoms with Crippen molar-refractivity contribution < 1.29 is 13.2 Å². The molecule has 0 bridgehead atoms. The molecule has 182 valence electrons. The van der Waals surface area contributed by atoms with Gasteiger partial charge in [0, 0.05) is 10.0 Å². The lowest BCUT2D eigenvalue weighted by Crippen LogP contribution is -2.47. The molecule has 1 aromatic heterocycles. The average Bonchev–Trinajstić information content (AvgIpc) is 3.25. The second-order valence-corrected chi connectivity index (χ2v) is 12.8. The first-order valence-corrected chi connectivity index (χ1v) is 14.0. The van der Waals surface area contributed by atoms with Crippen LogP contribution in [0.3, 0.4) is 0 Å². The van der Waals surface area contributed by atoms with Gasteiger partial charge >= 0.3 is 0 Å². The molecule has 0 fully saturated rings. The van der Waals surface area contributed by atoms with Crippen LogP contribution in [0.2, 0.25) is 0 Å². The van der Waals surface area contributed by atoms with Gasteiger partial charge in [0.15, 0.2) is 0 Å². The van der Waals surface area contributed by atoms with Crippen molar-refractivity contribution in [1.82, 2.24) is 14.9 Å². The Kier molecular flexibility index (Phi) is 8.28. The van der Waals surface area contributed by atoms with Crippen molar-refractivity contribution in [1.29, 1.82) is 0 Å². The quantitative estimate of drug-likeness (QED) is 0.371. The van der Waals surface area contributed by atoms with Crippen LogP contribution >= 0.6 is 27.3 Å². The van der Waals surface area contributed by atoms with Gasteiger partial charge in [-0.1, -0.05) is 92.6 Å². The van der Waals surface area contributed by atoms with Crippen molar-refractivity contribution in [2.24, 2.45) is 5.92 Å². The Morgan fingerprint density at radius 3 is 2.24 bits per heavy atom. The molecule has 2 aromatic carbocycles. The molecule has 0 aliphatic carbocycles. The number of aromatic nitrogens is 2. The van der Waals surface area contributed by atoms with E-state index >= 15 is 0 Å². The maximum atomic E-state index is 13.1. The number of halogens is 1. The van der Waals surface area contributed by atoms with Crippen LogP contribution in [0.15, 0.2) is 57.9 Å². The van der Waals surface area contributed by atoms with Crippen molar-refractivity contribution >= 4 is 48.3 Å². The van der Waals surface area contributed by atoms with E-state index < -0.39 is 22.0 Å². The van der Waals surface area contributed by atoms with Crippen LogP contribution < -0.4 is 10.0 Å². The minimum atomic E-state index is -3.90. The van der Waals surface area contributed by atoms with Gasteiger partial charge in [0.05, 0.1) is 4.90 Å². The van der Waals surface area contributed by atoms with E-state index in [0.29, 0.717) is 16.6 Å². The number of anilines is 1. The number of amides is 1. The Labute approximate surface area is 213 Å². The van der Waals surface area contributed by atoms with Crippen molar-refractivity contribution in [2.75, 3.05) is 5.32 Å². The van der Waals surface area contributed by atoms with Gasteiger partial charge in [0.25, 0.3) is 0 Å². The van der Waals surface area contributed by atoms with Crippen molar-refractivity contribution in [3.05, 3.63) is 58.6 Å². The molecule has 3 aromatic rings. The normalized spacial score (nSPS) is 13.9. The zero-order valence-corrected chi connectivity index (χ0v) is 23.0. The number of sulfonamides is 1. The van der Waals surface area contributed by atoms with Crippen molar-refractivity contribution in [3.63, 3.8) is 0 Å². The van der Waals surface area contributed by atoms with Gasteiger partial charge < -0.3 is 0 Å². The highest BCUT2D eigenvalue weighted by atomic mass is 79.9. The first-order chi connectivity index (χ1) is 15.9. The standard InChI is InChI=1S/C24H29BrN4O3S2/c1-6-15(2)20(29-34(31,32)19-13-9-17(10-14-19)24(3,4)5)21(30)26-23-28-27-22(33-23)16-7-11-18(25)12-8-16/h7-15,20,29H,6H2,1-5H3,(H,26,28,30)/t15-,20+/m1/s1. The van der Waals surface area contributed by atoms with E-state index in [4.69, 9.17) is 0 Å². The Bertz CT molecular complexity index is 1230. The van der Waals surface area contributed by atoms with E-state index in [-0.39, 0.29) is 16.2 Å². The molecule has 7 nitrogen and oxygen atoms in total. The monoisotopic (exact) mass is 564 g/mol. The molecule has 1 amide bonds. The van der Waals surface area contributed by atoms with Crippen LogP contribution in [-0.2, 0) is 20.2 Å². The molecular formula is C24H29BrN4O3S2. The number of nitrogens with zero attached hydrogens (tertiary/aromatic N) is 2. The number of carbonyl (C=O) groups excluding carboxylic acids is 1. The maximum Gasteiger partial charge on any atom is 0.244 e. The summed E-state index contributed by atoms with van der Waals surface area (Å²) >= 11 is 4.63. The van der Waals surface area contributed by atoms with Gasteiger partial charge in [-0.3, -0.25) is 10.1 Å². The van der Waals surface area contributed by atoms with E-state index in [2.05, 4.69) is 56.9 Å². The van der Waals surface area contributed by atoms with Gasteiger partial charge in [-0.15, -0.1) is 10.2 Å². The highest BCUT2D eigenvalue weighted by Crippen LogP contribution is 2.28. The largest absolute Gasteiger partial charge is 0.299 e. The summed E-state index contributed by atoms with van der Waals surface area (Å²) < 4.78 is 29.7. The second-order valence-electron chi connectivity index (χ2n) is 9.17. The third-order valence-corrected chi connectivity index (χ3v) is 8.43. The number of benzene rings is 2. The molecule has 0 saturated carbocycles. The fourth-order valence-electron chi connectivity index (χ4n) is 3.20. The minimum absolute atomic E-state index is 0.0916. The maximum absolute atomic E-state index is 13.1. The molecule has 1 heterocycles. The molecule has 3 rings (SSSR count). The molecule has 10 heteroatoms. The predicted octanol–water partition coefficient (Wildman–Crippen LogP) is 5.60. The fraction of sp³-hybridized carbons (Fsp3) is 0.375. The van der Waals surface area contributed by atoms with Crippen LogP contribution in [0.1, 0.15) is 46.6 Å². The number of carbonyl (C=O) groups is 1. The Morgan fingerprint density at radius 1 is 1.06 bits per heavy atom. The van der Waals surface area contributed by atoms with Gasteiger partial charge in [0.2, 0.25) is 21.1 Å². The SMILES string of the molecule is CC[C@@H](C)[C@H](NS(=O)(=O)c1ccc(C(C)(C)C)cc1)C(=O)Nc1nnc(-c2ccc(Br)cc2)s1. The zero-order valence-electron chi connectivity index (χ0n) is 19.8. The summed E-state index contributed by atoms with van der Waals surface area (Å²) in [6.07, 6.45) is 0.615. The van der Waals surface area contributed by atoms with Gasteiger partial charge in [0.1, 0.15) is 11.0 Å². The number of rotatable bonds is 8. The second kappa shape index (κ2) is 10.6. The highest BCUT2D eigenvalue weighted by Gasteiger charge is 2.30. The molecule has 0 spiro atoms. The van der Waals surface area contributed by atoms with Crippen molar-refractivity contribution in [3.8, 4) is 10.6 Å². The predicted molar refractivity (Wildman–Crippen MR) is 140 cm³/mol. The van der Waals surface area contributed by atoms with E-state index in [0.717, 1.165) is 15.6 Å². The molecule has 0 aliphatic heterocycles. The van der Waals surface area contributed by atoms with Gasteiger partial charge in [-0.2, -0.15) is 4.72 Å². The third kappa shape index (κ3) is 6.50. The molecule has 0 unspecified atom stereocenters. The van der Waals surface area contributed by atoms with Crippen LogP contribution in [0.25, 0.3) is 10.6 Å². The molecule has 0 radical (unpaired) electrons. The molecule has 0 saturated heterocycles. The van der Waals surface area contributed by atoms with E-state index in [9.17, 15) is 13.2 Å². The highest BCUT2D eigenvalue weighted by molar-refractivity contribution is 9.10. The van der Waals surface area contributed by atoms with E-state index in [1.807, 2.05) is 38.1 Å². The van der Waals surface area contributed by atoms with Crippen molar-refractivity contribution in [2.45, 2.75) is 57.4 Å². The smallest absolute Gasteiger partial charge is 0.244 e. The fourth-order valence-corrected chi connectivity index (χ4v) is 5.52. The van der Waals surface area contributed by atoms with Crippen LogP contribution in [0.5, 0.6) is 0 Å². The first kappa shape index (κ1) is 26.5. The van der Waals surface area contributed by atoms with Crippen LogP contribution in [0.4, 0.5) is 5.13 Å². The zero-order chi connectivity index (χ0) is 25.1. The summed E-state index contributed by atoms with van der Waals surface area (Å²) in [5.74, 6) is -0.703. The first-order valence-electron chi connectivity index (χ1n) is 10.9. The van der Waals surface area contributed by atoms with E-state index in [1.165, 1.54) is 11.3 Å². The Hall–Kier alpha value is -2.14. The van der Waals surface area contributed by atoms with Gasteiger partial charge in [-0.05, 0) is 41.2 Å². The number of hydrogen-bond donors (Lipinski definition) is 2. The number of nitrogens with one attached hydrogen (secondary N) is 2. The summed E-state index contributed by atoms with van der Waals surface area (Å²) in [4.78, 5) is 13.2. The summed E-state index contributed by atoms with van der Waals surface area (Å²) in [5.41, 5.74) is 1.81. The third-order valence-electron chi connectivity index (χ3n) is 5.55. The molecule has 2 N–H and O–H groups in total. The molecule has 2 atom stereocenters. The Balaban J connectivity index is 1.78. The van der Waals surface area contributed by atoms with Crippen LogP contribution in [-0.4, -0.2) is 30.6 Å². The lowest BCUT2D eigenvalue weighted by Gasteiger charge is -2.23. The summed E-state index contributed by atoms with van der Waals surface area (Å²) in [7, 11) is -3.90. The summed E-state index contributed by atoms with van der Waals surface area (Å²) in [5, 5.41) is 11.9. The molecule has 34 heavy (non-hydrogen) atoms. The van der Waals surface area contributed by atoms with Gasteiger partial charge in [-0.25, -0.2) is 8.42 Å². The topological polar surface area (TPSA) is 101 Å². The number of hydrogen-bond acceptors (Lipinski definition) is 6. The van der Waals surface area contributed by atoms with Crippen LogP contribution in [0, 0.1) is 5.92 Å². The average molecular weight is 566 g/mol. The molecule has 0 aliphatic rings. The molecular weight excluding hydrogens is 536 g/mol. The summed E-state index contributed by atoms with van der Waals surface area (Å²) in [6, 6.07) is 13.4.